The van der Waals surface area contributed by atoms with Crippen molar-refractivity contribution in [3.05, 3.63) is 45.7 Å². The van der Waals surface area contributed by atoms with Crippen LogP contribution >= 0.6 is 0 Å². The second-order valence-corrected chi connectivity index (χ2v) is 7.60. The fourth-order valence-electron chi connectivity index (χ4n) is 4.51. The van der Waals surface area contributed by atoms with E-state index >= 15 is 0 Å². The molecule has 2 aliphatic heterocycles. The van der Waals surface area contributed by atoms with Gasteiger partial charge in [0, 0.05) is 30.4 Å². The lowest BCUT2D eigenvalue weighted by Gasteiger charge is -2.24. The molecule has 2 atom stereocenters. The molecule has 7 heteroatoms. The lowest BCUT2D eigenvalue weighted by molar-refractivity contribution is 0.0691. The summed E-state index contributed by atoms with van der Waals surface area (Å²) in [7, 11) is 0. The fourth-order valence-corrected chi connectivity index (χ4v) is 4.51. The van der Waals surface area contributed by atoms with Crippen LogP contribution in [-0.2, 0) is 6.42 Å². The van der Waals surface area contributed by atoms with Gasteiger partial charge in [-0.1, -0.05) is 19.1 Å². The standard InChI is InChI=1S/C21H25N3O4/c1-2-15-18(23-20(26)17(19(15)25)21(27)28)12-5-7-14(8-6-12)24-10-13-4-3-9-22-16(13)11-24/h5-8,13,16,22H,2-4,9-11H2,1H3,(H,27,28)(H2,23,25,26). The van der Waals surface area contributed by atoms with E-state index in [4.69, 9.17) is 0 Å². The molecule has 2 aliphatic rings. The van der Waals surface area contributed by atoms with Gasteiger partial charge in [0.05, 0.1) is 5.69 Å². The number of H-pyrrole nitrogens is 1. The van der Waals surface area contributed by atoms with E-state index in [0.717, 1.165) is 30.9 Å². The number of aromatic nitrogens is 1. The average molecular weight is 383 g/mol. The van der Waals surface area contributed by atoms with Crippen LogP contribution in [-0.4, -0.2) is 46.8 Å². The first kappa shape index (κ1) is 18.6. The maximum Gasteiger partial charge on any atom is 0.345 e. The Bertz CT molecular complexity index is 937. The van der Waals surface area contributed by atoms with E-state index in [9.17, 15) is 19.8 Å². The fraction of sp³-hybridized carbons (Fsp3) is 0.429. The van der Waals surface area contributed by atoms with Gasteiger partial charge in [0.15, 0.2) is 5.56 Å². The van der Waals surface area contributed by atoms with Crippen molar-refractivity contribution in [3.8, 4) is 17.0 Å². The van der Waals surface area contributed by atoms with Gasteiger partial charge in [-0.15, -0.1) is 0 Å². The predicted molar refractivity (Wildman–Crippen MR) is 107 cm³/mol. The van der Waals surface area contributed by atoms with Crippen molar-refractivity contribution in [2.45, 2.75) is 32.2 Å². The number of carbonyl (C=O) groups is 1. The third-order valence-corrected chi connectivity index (χ3v) is 5.98. The number of rotatable bonds is 4. The Morgan fingerprint density at radius 3 is 2.64 bits per heavy atom. The zero-order valence-electron chi connectivity index (χ0n) is 15.9. The van der Waals surface area contributed by atoms with Gasteiger partial charge in [-0.2, -0.15) is 0 Å². The van der Waals surface area contributed by atoms with Crippen molar-refractivity contribution < 1.29 is 15.0 Å². The minimum absolute atomic E-state index is 0.404. The SMILES string of the molecule is CCc1c(-c2ccc(N3CC4CCCNC4C3)cc2)[nH]c(=O)c(C(=O)O)c1O. The minimum atomic E-state index is -1.43. The van der Waals surface area contributed by atoms with Crippen molar-refractivity contribution in [1.29, 1.82) is 0 Å². The quantitative estimate of drug-likeness (QED) is 0.645. The van der Waals surface area contributed by atoms with E-state index in [-0.39, 0.29) is 0 Å². The number of pyridine rings is 1. The largest absolute Gasteiger partial charge is 0.506 e. The second kappa shape index (κ2) is 7.31. The number of hydrogen-bond donors (Lipinski definition) is 4. The first-order valence-corrected chi connectivity index (χ1v) is 9.79. The third-order valence-electron chi connectivity index (χ3n) is 5.98. The highest BCUT2D eigenvalue weighted by Crippen LogP contribution is 2.33. The normalized spacial score (nSPS) is 21.5. The lowest BCUT2D eigenvalue weighted by atomic mass is 9.94. The van der Waals surface area contributed by atoms with E-state index in [1.54, 1.807) is 0 Å². The smallest absolute Gasteiger partial charge is 0.345 e. The number of carboxylic acids is 1. The Morgan fingerprint density at radius 2 is 2.00 bits per heavy atom. The molecule has 2 saturated heterocycles. The number of anilines is 1. The molecule has 148 valence electrons. The highest BCUT2D eigenvalue weighted by Gasteiger charge is 2.34. The topological polar surface area (TPSA) is 106 Å². The Balaban J connectivity index is 1.64. The van der Waals surface area contributed by atoms with E-state index < -0.39 is 22.8 Å². The molecule has 0 saturated carbocycles. The molecule has 1 aromatic heterocycles. The summed E-state index contributed by atoms with van der Waals surface area (Å²) in [5.41, 5.74) is 1.38. The molecule has 3 heterocycles. The predicted octanol–water partition coefficient (Wildman–Crippen LogP) is 2.20. The molecule has 0 spiro atoms. The molecular formula is C21H25N3O4. The molecule has 7 nitrogen and oxygen atoms in total. The third kappa shape index (κ3) is 3.16. The van der Waals surface area contributed by atoms with Crippen LogP contribution in [0.5, 0.6) is 5.75 Å². The number of piperidine rings is 1. The van der Waals surface area contributed by atoms with Gasteiger partial charge in [0.25, 0.3) is 5.56 Å². The van der Waals surface area contributed by atoms with Crippen molar-refractivity contribution >= 4 is 11.7 Å². The van der Waals surface area contributed by atoms with Crippen LogP contribution in [0.1, 0.15) is 35.7 Å². The Morgan fingerprint density at radius 1 is 1.25 bits per heavy atom. The van der Waals surface area contributed by atoms with Crippen LogP contribution in [0.3, 0.4) is 0 Å². The first-order valence-electron chi connectivity index (χ1n) is 9.79. The van der Waals surface area contributed by atoms with E-state index in [0.29, 0.717) is 29.6 Å². The molecule has 0 aliphatic carbocycles. The summed E-state index contributed by atoms with van der Waals surface area (Å²) in [6.07, 6.45) is 2.90. The summed E-state index contributed by atoms with van der Waals surface area (Å²) in [5.74, 6) is -1.19. The zero-order chi connectivity index (χ0) is 19.8. The molecule has 2 aromatic rings. The number of nitrogens with zero attached hydrogens (tertiary/aromatic N) is 1. The molecular weight excluding hydrogens is 358 g/mol. The number of nitrogens with one attached hydrogen (secondary N) is 2. The average Bonchev–Trinajstić information content (AvgIpc) is 3.11. The van der Waals surface area contributed by atoms with Crippen LogP contribution in [0.25, 0.3) is 11.3 Å². The summed E-state index contributed by atoms with van der Waals surface area (Å²) < 4.78 is 0. The summed E-state index contributed by atoms with van der Waals surface area (Å²) in [6.45, 7) is 4.95. The van der Waals surface area contributed by atoms with Gasteiger partial charge >= 0.3 is 5.97 Å². The van der Waals surface area contributed by atoms with Gasteiger partial charge in [-0.05, 0) is 49.4 Å². The molecule has 2 fully saturated rings. The maximum atomic E-state index is 12.2. The Hall–Kier alpha value is -2.80. The van der Waals surface area contributed by atoms with E-state index in [2.05, 4.69) is 15.2 Å². The summed E-state index contributed by atoms with van der Waals surface area (Å²) >= 11 is 0. The second-order valence-electron chi connectivity index (χ2n) is 7.60. The molecule has 1 aromatic carbocycles. The number of fused-ring (bicyclic) bond motifs is 1. The van der Waals surface area contributed by atoms with Gasteiger partial charge < -0.3 is 25.4 Å². The summed E-state index contributed by atoms with van der Waals surface area (Å²) in [4.78, 5) is 28.4. The van der Waals surface area contributed by atoms with Gasteiger partial charge in [-0.3, -0.25) is 4.79 Å². The molecule has 4 N–H and O–H groups in total. The number of aromatic hydroxyl groups is 1. The number of aromatic carboxylic acids is 1. The zero-order valence-corrected chi connectivity index (χ0v) is 15.9. The van der Waals surface area contributed by atoms with Crippen molar-refractivity contribution in [2.24, 2.45) is 5.92 Å². The Kier molecular flexibility index (Phi) is 4.85. The highest BCUT2D eigenvalue weighted by atomic mass is 16.4. The van der Waals surface area contributed by atoms with Crippen LogP contribution < -0.4 is 15.8 Å². The van der Waals surface area contributed by atoms with Gasteiger partial charge in [-0.25, -0.2) is 4.79 Å². The molecule has 0 amide bonds. The number of hydrogen-bond acceptors (Lipinski definition) is 5. The van der Waals surface area contributed by atoms with Gasteiger partial charge in [0.1, 0.15) is 5.75 Å². The van der Waals surface area contributed by atoms with Crippen molar-refractivity contribution in [3.63, 3.8) is 0 Å². The van der Waals surface area contributed by atoms with E-state index in [1.807, 2.05) is 31.2 Å². The first-order chi connectivity index (χ1) is 13.5. The van der Waals surface area contributed by atoms with Crippen molar-refractivity contribution in [1.82, 2.24) is 10.3 Å². The van der Waals surface area contributed by atoms with Crippen LogP contribution in [0.2, 0.25) is 0 Å². The van der Waals surface area contributed by atoms with Crippen molar-refractivity contribution in [2.75, 3.05) is 24.5 Å². The molecule has 0 radical (unpaired) electrons. The monoisotopic (exact) mass is 383 g/mol. The van der Waals surface area contributed by atoms with Crippen LogP contribution in [0, 0.1) is 5.92 Å². The maximum absolute atomic E-state index is 12.2. The van der Waals surface area contributed by atoms with Gasteiger partial charge in [0.2, 0.25) is 0 Å². The molecule has 2 unspecified atom stereocenters. The van der Waals surface area contributed by atoms with E-state index in [1.165, 1.54) is 12.8 Å². The highest BCUT2D eigenvalue weighted by molar-refractivity contribution is 5.92. The lowest BCUT2D eigenvalue weighted by Crippen LogP contribution is -2.40. The number of benzene rings is 1. The number of aromatic amines is 1. The van der Waals surface area contributed by atoms with Crippen LogP contribution in [0.4, 0.5) is 5.69 Å². The molecule has 28 heavy (non-hydrogen) atoms. The number of carboxylic acid groups (broad SMARTS) is 1. The molecule has 4 rings (SSSR count). The summed E-state index contributed by atoms with van der Waals surface area (Å²) in [6, 6.07) is 8.42. The Labute approximate surface area is 163 Å². The minimum Gasteiger partial charge on any atom is -0.506 e. The van der Waals surface area contributed by atoms with Crippen LogP contribution in [0.15, 0.2) is 29.1 Å². The molecule has 0 bridgehead atoms. The summed E-state index contributed by atoms with van der Waals surface area (Å²) in [5, 5.41) is 23.1.